The maximum absolute atomic E-state index is 11.6. The van der Waals surface area contributed by atoms with Crippen molar-refractivity contribution in [3.8, 4) is 11.5 Å². The Morgan fingerprint density at radius 3 is 2.45 bits per heavy atom. The van der Waals surface area contributed by atoms with Gasteiger partial charge in [0, 0.05) is 27.2 Å². The van der Waals surface area contributed by atoms with Gasteiger partial charge >= 0.3 is 0 Å². The van der Waals surface area contributed by atoms with Crippen molar-refractivity contribution in [2.75, 3.05) is 40.4 Å². The Kier molecular flexibility index (Phi) is 9.68. The van der Waals surface area contributed by atoms with E-state index in [-0.39, 0.29) is 12.5 Å². The minimum Gasteiger partial charge on any atom is -0.492 e. The van der Waals surface area contributed by atoms with Crippen molar-refractivity contribution in [3.63, 3.8) is 0 Å². The average molecular weight is 427 g/mol. The number of nitrogens with one attached hydrogen (secondary N) is 2. The number of aryl methyl sites for hydroxylation is 2. The van der Waals surface area contributed by atoms with Crippen molar-refractivity contribution in [1.29, 1.82) is 0 Å². The molecule has 1 amide bonds. The molecule has 0 unspecified atom stereocenters. The standard InChI is InChI=1S/C24H34N4O3/c1-6-26-23(29)17-31-21-9-7-8-20(15-21)16-27-24(25-4)28(5)10-11-30-22-13-18(2)12-19(3)14-22/h7-9,12-15H,6,10-11,16-17H2,1-5H3,(H,25,27)(H,26,29). The smallest absolute Gasteiger partial charge is 0.257 e. The van der Waals surface area contributed by atoms with Crippen LogP contribution in [0.4, 0.5) is 0 Å². The Morgan fingerprint density at radius 2 is 1.77 bits per heavy atom. The van der Waals surface area contributed by atoms with Crippen LogP contribution in [0.15, 0.2) is 47.5 Å². The summed E-state index contributed by atoms with van der Waals surface area (Å²) in [5.41, 5.74) is 3.42. The van der Waals surface area contributed by atoms with Crippen LogP contribution in [0.2, 0.25) is 0 Å². The van der Waals surface area contributed by atoms with E-state index < -0.39 is 0 Å². The molecule has 2 rings (SSSR count). The van der Waals surface area contributed by atoms with Gasteiger partial charge in [-0.05, 0) is 61.7 Å². The third-order valence-electron chi connectivity index (χ3n) is 4.56. The highest BCUT2D eigenvalue weighted by atomic mass is 16.5. The van der Waals surface area contributed by atoms with Crippen LogP contribution in [-0.2, 0) is 11.3 Å². The van der Waals surface area contributed by atoms with E-state index in [1.54, 1.807) is 7.05 Å². The Hall–Kier alpha value is -3.22. The molecule has 0 aliphatic rings. The predicted molar refractivity (Wildman–Crippen MR) is 125 cm³/mol. The van der Waals surface area contributed by atoms with Crippen LogP contribution in [-0.4, -0.2) is 57.2 Å². The lowest BCUT2D eigenvalue weighted by molar-refractivity contribution is -0.122. The van der Waals surface area contributed by atoms with Gasteiger partial charge in [-0.25, -0.2) is 0 Å². The van der Waals surface area contributed by atoms with Gasteiger partial charge in [-0.15, -0.1) is 0 Å². The Morgan fingerprint density at radius 1 is 1.03 bits per heavy atom. The molecule has 0 atom stereocenters. The van der Waals surface area contributed by atoms with Gasteiger partial charge in [0.2, 0.25) is 0 Å². The fourth-order valence-electron chi connectivity index (χ4n) is 3.13. The molecule has 31 heavy (non-hydrogen) atoms. The van der Waals surface area contributed by atoms with Crippen LogP contribution >= 0.6 is 0 Å². The van der Waals surface area contributed by atoms with E-state index in [1.807, 2.05) is 55.3 Å². The van der Waals surface area contributed by atoms with Gasteiger partial charge in [-0.3, -0.25) is 9.79 Å². The number of likely N-dealkylation sites (N-methyl/N-ethyl adjacent to an activating group) is 2. The highest BCUT2D eigenvalue weighted by Crippen LogP contribution is 2.16. The van der Waals surface area contributed by atoms with Gasteiger partial charge in [0.25, 0.3) is 5.91 Å². The van der Waals surface area contributed by atoms with Crippen molar-refractivity contribution in [3.05, 3.63) is 59.2 Å². The molecule has 0 saturated carbocycles. The van der Waals surface area contributed by atoms with Crippen LogP contribution in [0.3, 0.4) is 0 Å². The Balaban J connectivity index is 1.81. The lowest BCUT2D eigenvalue weighted by Crippen LogP contribution is -2.40. The van der Waals surface area contributed by atoms with Crippen LogP contribution in [0.1, 0.15) is 23.6 Å². The first-order valence-corrected chi connectivity index (χ1v) is 10.5. The summed E-state index contributed by atoms with van der Waals surface area (Å²) in [6, 6.07) is 13.9. The summed E-state index contributed by atoms with van der Waals surface area (Å²) >= 11 is 0. The molecule has 168 valence electrons. The van der Waals surface area contributed by atoms with E-state index in [4.69, 9.17) is 9.47 Å². The largest absolute Gasteiger partial charge is 0.492 e. The molecular formula is C24H34N4O3. The van der Waals surface area contributed by atoms with Gasteiger partial charge in [-0.1, -0.05) is 18.2 Å². The monoisotopic (exact) mass is 426 g/mol. The van der Waals surface area contributed by atoms with Crippen LogP contribution in [0.5, 0.6) is 11.5 Å². The van der Waals surface area contributed by atoms with Crippen molar-refractivity contribution >= 4 is 11.9 Å². The molecule has 0 radical (unpaired) electrons. The molecular weight excluding hydrogens is 392 g/mol. The molecule has 2 aromatic rings. The minimum atomic E-state index is -0.129. The third kappa shape index (κ3) is 8.58. The molecule has 0 fully saturated rings. The molecule has 0 aliphatic heterocycles. The Labute approximate surface area is 185 Å². The number of hydrogen-bond acceptors (Lipinski definition) is 4. The number of aliphatic imine (C=N–C) groups is 1. The van der Waals surface area contributed by atoms with Gasteiger partial charge < -0.3 is 25.0 Å². The first-order chi connectivity index (χ1) is 14.9. The summed E-state index contributed by atoms with van der Waals surface area (Å²) in [4.78, 5) is 17.9. The third-order valence-corrected chi connectivity index (χ3v) is 4.56. The van der Waals surface area contributed by atoms with Gasteiger partial charge in [0.05, 0.1) is 6.54 Å². The van der Waals surface area contributed by atoms with E-state index in [2.05, 4.69) is 35.5 Å². The van der Waals surface area contributed by atoms with Gasteiger partial charge in [0.1, 0.15) is 18.1 Å². The quantitative estimate of drug-likeness (QED) is 0.451. The topological polar surface area (TPSA) is 75.2 Å². The highest BCUT2D eigenvalue weighted by Gasteiger charge is 2.07. The molecule has 0 spiro atoms. The summed E-state index contributed by atoms with van der Waals surface area (Å²) in [7, 11) is 3.74. The number of benzene rings is 2. The van der Waals surface area contributed by atoms with Crippen LogP contribution < -0.4 is 20.1 Å². The van der Waals surface area contributed by atoms with Gasteiger partial charge in [-0.2, -0.15) is 0 Å². The summed E-state index contributed by atoms with van der Waals surface area (Å²) in [6.45, 7) is 8.46. The number of guanidine groups is 1. The molecule has 0 saturated heterocycles. The zero-order chi connectivity index (χ0) is 22.6. The molecule has 7 nitrogen and oxygen atoms in total. The van der Waals surface area contributed by atoms with Crippen LogP contribution in [0.25, 0.3) is 0 Å². The molecule has 0 aromatic heterocycles. The summed E-state index contributed by atoms with van der Waals surface area (Å²) < 4.78 is 11.5. The van der Waals surface area contributed by atoms with E-state index in [1.165, 1.54) is 11.1 Å². The van der Waals surface area contributed by atoms with E-state index >= 15 is 0 Å². The number of rotatable bonds is 10. The second-order valence-corrected chi connectivity index (χ2v) is 7.38. The number of ether oxygens (including phenoxy) is 2. The van der Waals surface area contributed by atoms with Crippen molar-refractivity contribution < 1.29 is 14.3 Å². The molecule has 7 heteroatoms. The first kappa shape index (κ1) is 24.1. The molecule has 2 N–H and O–H groups in total. The number of carbonyl (C=O) groups excluding carboxylic acids is 1. The molecule has 0 aliphatic carbocycles. The number of nitrogens with zero attached hydrogens (tertiary/aromatic N) is 2. The second kappa shape index (κ2) is 12.5. The zero-order valence-corrected chi connectivity index (χ0v) is 19.2. The minimum absolute atomic E-state index is 0.00952. The fourth-order valence-corrected chi connectivity index (χ4v) is 3.13. The van der Waals surface area contributed by atoms with Gasteiger partial charge in [0.15, 0.2) is 12.6 Å². The van der Waals surface area contributed by atoms with E-state index in [0.29, 0.717) is 32.0 Å². The van der Waals surface area contributed by atoms with E-state index in [0.717, 1.165) is 17.3 Å². The summed E-state index contributed by atoms with van der Waals surface area (Å²) in [5.74, 6) is 2.20. The Bertz CT molecular complexity index is 863. The predicted octanol–water partition coefficient (Wildman–Crippen LogP) is 2.90. The summed E-state index contributed by atoms with van der Waals surface area (Å²) in [6.07, 6.45) is 0. The number of amides is 1. The second-order valence-electron chi connectivity index (χ2n) is 7.38. The van der Waals surface area contributed by atoms with Crippen molar-refractivity contribution in [2.45, 2.75) is 27.3 Å². The van der Waals surface area contributed by atoms with Crippen molar-refractivity contribution in [2.24, 2.45) is 4.99 Å². The SMILES string of the molecule is CCNC(=O)COc1cccc(CNC(=NC)N(C)CCOc2cc(C)cc(C)c2)c1. The first-order valence-electron chi connectivity index (χ1n) is 10.5. The number of carbonyl (C=O) groups is 1. The van der Waals surface area contributed by atoms with E-state index in [9.17, 15) is 4.79 Å². The normalized spacial score (nSPS) is 11.1. The van der Waals surface area contributed by atoms with Crippen LogP contribution in [0, 0.1) is 13.8 Å². The summed E-state index contributed by atoms with van der Waals surface area (Å²) in [5, 5.41) is 6.07. The maximum atomic E-state index is 11.6. The zero-order valence-electron chi connectivity index (χ0n) is 19.2. The maximum Gasteiger partial charge on any atom is 0.257 e. The molecule has 0 heterocycles. The lowest BCUT2D eigenvalue weighted by atomic mass is 10.1. The number of hydrogen-bond donors (Lipinski definition) is 2. The lowest BCUT2D eigenvalue weighted by Gasteiger charge is -2.22. The fraction of sp³-hybridized carbons (Fsp3) is 0.417. The average Bonchev–Trinajstić information content (AvgIpc) is 2.72. The van der Waals surface area contributed by atoms with Crippen molar-refractivity contribution in [1.82, 2.24) is 15.5 Å². The highest BCUT2D eigenvalue weighted by molar-refractivity contribution is 5.79. The molecule has 2 aromatic carbocycles. The molecule has 0 bridgehead atoms.